The van der Waals surface area contributed by atoms with E-state index >= 15 is 0 Å². The van der Waals surface area contributed by atoms with E-state index in [1.807, 2.05) is 19.9 Å². The van der Waals surface area contributed by atoms with E-state index in [0.717, 1.165) is 12.1 Å². The Morgan fingerprint density at radius 1 is 1.38 bits per heavy atom. The molecule has 0 saturated heterocycles. The molecule has 1 atom stereocenters. The van der Waals surface area contributed by atoms with Crippen LogP contribution in [0.4, 0.5) is 6.01 Å². The van der Waals surface area contributed by atoms with E-state index in [0.29, 0.717) is 5.82 Å². The molecule has 0 aliphatic carbocycles. The molecular weight excluding hydrogens is 292 g/mol. The van der Waals surface area contributed by atoms with Crippen LogP contribution in [0.25, 0.3) is 0 Å². The van der Waals surface area contributed by atoms with Gasteiger partial charge in [-0.05, 0) is 38.1 Å². The van der Waals surface area contributed by atoms with E-state index in [4.69, 9.17) is 4.52 Å². The van der Waals surface area contributed by atoms with Crippen molar-refractivity contribution in [2.45, 2.75) is 31.7 Å². The largest absolute Gasteiger partial charge is 0.335 e. The van der Waals surface area contributed by atoms with Crippen LogP contribution >= 0.6 is 0 Å². The van der Waals surface area contributed by atoms with Gasteiger partial charge in [-0.2, -0.15) is 4.98 Å². The molecule has 2 rings (SSSR count). The molecule has 0 bridgehead atoms. The third kappa shape index (κ3) is 3.79. The van der Waals surface area contributed by atoms with Gasteiger partial charge in [-0.1, -0.05) is 24.2 Å². The molecule has 1 heterocycles. The summed E-state index contributed by atoms with van der Waals surface area (Å²) in [4.78, 5) is 3.98. The summed E-state index contributed by atoms with van der Waals surface area (Å²) in [5, 5.41) is 6.78. The van der Waals surface area contributed by atoms with Crippen LogP contribution in [0, 0.1) is 6.92 Å². The summed E-state index contributed by atoms with van der Waals surface area (Å²) in [7, 11) is -3.74. The van der Waals surface area contributed by atoms with Gasteiger partial charge in [0.1, 0.15) is 0 Å². The van der Waals surface area contributed by atoms with Gasteiger partial charge in [0.05, 0.1) is 4.90 Å². The van der Waals surface area contributed by atoms with Crippen molar-refractivity contribution >= 4 is 16.0 Å². The summed E-state index contributed by atoms with van der Waals surface area (Å²) in [6.45, 7) is 6.39. The van der Waals surface area contributed by atoms with Crippen LogP contribution in [0.15, 0.2) is 33.7 Å². The minimum Gasteiger partial charge on any atom is -0.314 e. The van der Waals surface area contributed by atoms with Crippen molar-refractivity contribution in [3.05, 3.63) is 35.7 Å². The SMILES string of the molecule is CCNC(C)c1cccc(S(=O)(=O)Nc2nc(C)no2)c1. The zero-order chi connectivity index (χ0) is 15.5. The molecule has 0 spiro atoms. The molecule has 0 fully saturated rings. The molecule has 1 aromatic heterocycles. The fourth-order valence-electron chi connectivity index (χ4n) is 1.89. The normalized spacial score (nSPS) is 13.1. The Labute approximate surface area is 123 Å². The molecule has 2 aromatic rings. The van der Waals surface area contributed by atoms with Crippen LogP contribution in [-0.2, 0) is 10.0 Å². The topological polar surface area (TPSA) is 97.1 Å². The van der Waals surface area contributed by atoms with Crippen molar-refractivity contribution in [1.29, 1.82) is 0 Å². The van der Waals surface area contributed by atoms with E-state index in [-0.39, 0.29) is 17.0 Å². The van der Waals surface area contributed by atoms with Crippen molar-refractivity contribution in [3.8, 4) is 0 Å². The number of hydrogen-bond donors (Lipinski definition) is 2. The monoisotopic (exact) mass is 310 g/mol. The number of hydrogen-bond acceptors (Lipinski definition) is 6. The Hall–Kier alpha value is -1.93. The van der Waals surface area contributed by atoms with E-state index in [1.54, 1.807) is 19.1 Å². The number of benzene rings is 1. The molecule has 8 heteroatoms. The van der Waals surface area contributed by atoms with Gasteiger partial charge in [0.25, 0.3) is 10.0 Å². The Bertz CT molecular complexity index is 712. The summed E-state index contributed by atoms with van der Waals surface area (Å²) in [5.41, 5.74) is 0.890. The number of rotatable bonds is 6. The quantitative estimate of drug-likeness (QED) is 0.845. The third-order valence-corrected chi connectivity index (χ3v) is 4.25. The average molecular weight is 310 g/mol. The molecule has 1 unspecified atom stereocenters. The van der Waals surface area contributed by atoms with E-state index in [1.165, 1.54) is 6.07 Å². The lowest BCUT2D eigenvalue weighted by atomic mass is 10.1. The number of aryl methyl sites for hydroxylation is 1. The maximum atomic E-state index is 12.3. The molecule has 0 aliphatic rings. The van der Waals surface area contributed by atoms with Gasteiger partial charge >= 0.3 is 6.01 Å². The lowest BCUT2D eigenvalue weighted by Crippen LogP contribution is -2.19. The summed E-state index contributed by atoms with van der Waals surface area (Å²) < 4.78 is 31.6. The van der Waals surface area contributed by atoms with Crippen LogP contribution in [0.5, 0.6) is 0 Å². The first-order valence-corrected chi connectivity index (χ1v) is 8.07. The molecule has 0 aliphatic heterocycles. The second-order valence-electron chi connectivity index (χ2n) is 4.60. The van der Waals surface area contributed by atoms with Gasteiger partial charge in [0.2, 0.25) is 0 Å². The van der Waals surface area contributed by atoms with Crippen LogP contribution in [0.3, 0.4) is 0 Å². The highest BCUT2D eigenvalue weighted by Crippen LogP contribution is 2.19. The number of sulfonamides is 1. The second kappa shape index (κ2) is 6.23. The van der Waals surface area contributed by atoms with Crippen LogP contribution in [0.1, 0.15) is 31.3 Å². The number of aromatic nitrogens is 2. The molecule has 114 valence electrons. The fraction of sp³-hybridized carbons (Fsp3) is 0.385. The first-order valence-electron chi connectivity index (χ1n) is 6.59. The van der Waals surface area contributed by atoms with Crippen LogP contribution in [0.2, 0.25) is 0 Å². The Morgan fingerprint density at radius 3 is 2.76 bits per heavy atom. The molecule has 7 nitrogen and oxygen atoms in total. The van der Waals surface area contributed by atoms with E-state index in [2.05, 4.69) is 20.2 Å². The third-order valence-electron chi connectivity index (χ3n) is 2.93. The number of anilines is 1. The van der Waals surface area contributed by atoms with Gasteiger partial charge in [0.15, 0.2) is 5.82 Å². The molecule has 0 amide bonds. The van der Waals surface area contributed by atoms with Crippen LogP contribution in [-0.4, -0.2) is 25.1 Å². The maximum absolute atomic E-state index is 12.3. The fourth-order valence-corrected chi connectivity index (χ4v) is 2.87. The molecular formula is C13H18N4O3S. The van der Waals surface area contributed by atoms with Gasteiger partial charge in [-0.15, -0.1) is 0 Å². The van der Waals surface area contributed by atoms with Crippen LogP contribution < -0.4 is 10.0 Å². The first kappa shape index (κ1) is 15.5. The lowest BCUT2D eigenvalue weighted by Gasteiger charge is -2.13. The number of nitrogens with one attached hydrogen (secondary N) is 2. The minimum absolute atomic E-state index is 0.0656. The summed E-state index contributed by atoms with van der Waals surface area (Å²) in [5.74, 6) is 0.363. The van der Waals surface area contributed by atoms with Crippen molar-refractivity contribution in [2.75, 3.05) is 11.3 Å². The van der Waals surface area contributed by atoms with Gasteiger partial charge in [-0.3, -0.25) is 0 Å². The van der Waals surface area contributed by atoms with Crippen molar-refractivity contribution in [2.24, 2.45) is 0 Å². The summed E-state index contributed by atoms with van der Waals surface area (Å²) >= 11 is 0. The Morgan fingerprint density at radius 2 is 2.14 bits per heavy atom. The van der Waals surface area contributed by atoms with E-state index in [9.17, 15) is 8.42 Å². The van der Waals surface area contributed by atoms with Crippen molar-refractivity contribution < 1.29 is 12.9 Å². The highest BCUT2D eigenvalue weighted by Gasteiger charge is 2.18. The average Bonchev–Trinajstić information content (AvgIpc) is 2.84. The maximum Gasteiger partial charge on any atom is 0.335 e. The predicted molar refractivity (Wildman–Crippen MR) is 78.4 cm³/mol. The van der Waals surface area contributed by atoms with E-state index < -0.39 is 10.0 Å². The highest BCUT2D eigenvalue weighted by atomic mass is 32.2. The molecule has 0 radical (unpaired) electrons. The summed E-state index contributed by atoms with van der Waals surface area (Å²) in [6.07, 6.45) is 0. The zero-order valence-electron chi connectivity index (χ0n) is 12.1. The van der Waals surface area contributed by atoms with Gasteiger partial charge in [-0.25, -0.2) is 13.1 Å². The Kier molecular flexibility index (Phi) is 4.59. The molecule has 0 saturated carbocycles. The predicted octanol–water partition coefficient (Wildman–Crippen LogP) is 1.85. The number of nitrogens with zero attached hydrogens (tertiary/aromatic N) is 2. The van der Waals surface area contributed by atoms with Crippen molar-refractivity contribution in [1.82, 2.24) is 15.5 Å². The highest BCUT2D eigenvalue weighted by molar-refractivity contribution is 7.92. The standard InChI is InChI=1S/C13H18N4O3S/c1-4-14-9(2)11-6-5-7-12(8-11)21(18,19)17-13-15-10(3)16-20-13/h5-9,14H,4H2,1-3H3,(H,15,16,17). The smallest absolute Gasteiger partial charge is 0.314 e. The van der Waals surface area contributed by atoms with Gasteiger partial charge in [0, 0.05) is 6.04 Å². The lowest BCUT2D eigenvalue weighted by molar-refractivity contribution is 0.429. The van der Waals surface area contributed by atoms with Gasteiger partial charge < -0.3 is 9.84 Å². The second-order valence-corrected chi connectivity index (χ2v) is 6.29. The minimum atomic E-state index is -3.74. The first-order chi connectivity index (χ1) is 9.92. The summed E-state index contributed by atoms with van der Waals surface area (Å²) in [6, 6.07) is 6.65. The Balaban J connectivity index is 2.25. The zero-order valence-corrected chi connectivity index (χ0v) is 12.9. The molecule has 2 N–H and O–H groups in total. The molecule has 21 heavy (non-hydrogen) atoms. The van der Waals surface area contributed by atoms with Crippen molar-refractivity contribution in [3.63, 3.8) is 0 Å². The molecule has 1 aromatic carbocycles.